The molecule has 0 radical (unpaired) electrons. The minimum Gasteiger partial charge on any atom is -0.359 e. The van der Waals surface area contributed by atoms with Gasteiger partial charge in [0.1, 0.15) is 6.07 Å². The lowest BCUT2D eigenvalue weighted by Crippen LogP contribution is -2.22. The van der Waals surface area contributed by atoms with E-state index in [9.17, 15) is 5.26 Å². The molecule has 0 aliphatic heterocycles. The highest BCUT2D eigenvalue weighted by Gasteiger charge is 2.29. The number of allylic oxidation sites excluding steroid dienone is 4. The van der Waals surface area contributed by atoms with E-state index in [2.05, 4.69) is 84.2 Å². The van der Waals surface area contributed by atoms with Gasteiger partial charge in [-0.05, 0) is 89.1 Å². The Morgan fingerprint density at radius 3 is 2.21 bits per heavy atom. The topological polar surface area (TPSA) is 48.2 Å². The maximum Gasteiger partial charge on any atom is 0.101 e. The Labute approximate surface area is 199 Å². The molecule has 0 heterocycles. The molecule has 0 saturated heterocycles. The van der Waals surface area contributed by atoms with Crippen molar-refractivity contribution < 1.29 is 0 Å². The van der Waals surface area contributed by atoms with Gasteiger partial charge >= 0.3 is 0 Å². The molecular formula is C31H25N3. The second-order valence-electron chi connectivity index (χ2n) is 9.16. The molecule has 6 rings (SSSR count). The average molecular weight is 440 g/mol. The summed E-state index contributed by atoms with van der Waals surface area (Å²) in [6.07, 6.45) is 6.17. The van der Waals surface area contributed by atoms with Gasteiger partial charge in [0.2, 0.25) is 0 Å². The van der Waals surface area contributed by atoms with E-state index in [4.69, 9.17) is 4.99 Å². The summed E-state index contributed by atoms with van der Waals surface area (Å²) in [5.74, 6) is 0.437. The van der Waals surface area contributed by atoms with Gasteiger partial charge in [0.25, 0.3) is 0 Å². The van der Waals surface area contributed by atoms with Gasteiger partial charge in [-0.15, -0.1) is 0 Å². The van der Waals surface area contributed by atoms with Crippen LogP contribution in [0.1, 0.15) is 25.7 Å². The van der Waals surface area contributed by atoms with Crippen molar-refractivity contribution in [3.63, 3.8) is 0 Å². The van der Waals surface area contributed by atoms with Crippen molar-refractivity contribution in [2.24, 2.45) is 10.9 Å². The fourth-order valence-corrected chi connectivity index (χ4v) is 5.24. The lowest BCUT2D eigenvalue weighted by atomic mass is 9.76. The number of anilines is 1. The molecule has 4 aromatic rings. The Bertz CT molecular complexity index is 1550. The number of rotatable bonds is 3. The predicted octanol–water partition coefficient (Wildman–Crippen LogP) is 8.09. The minimum absolute atomic E-state index is 0.437. The van der Waals surface area contributed by atoms with Crippen LogP contribution in [0, 0.1) is 17.2 Å². The van der Waals surface area contributed by atoms with Crippen molar-refractivity contribution in [3.8, 4) is 6.07 Å². The quantitative estimate of drug-likeness (QED) is 0.351. The first-order valence-corrected chi connectivity index (χ1v) is 11.9. The zero-order valence-electron chi connectivity index (χ0n) is 19.0. The molecule has 0 saturated carbocycles. The highest BCUT2D eigenvalue weighted by Crippen LogP contribution is 2.39. The third-order valence-corrected chi connectivity index (χ3v) is 7.00. The van der Waals surface area contributed by atoms with E-state index in [0.29, 0.717) is 5.92 Å². The fourth-order valence-electron chi connectivity index (χ4n) is 5.24. The van der Waals surface area contributed by atoms with Crippen molar-refractivity contribution in [1.82, 2.24) is 0 Å². The van der Waals surface area contributed by atoms with Crippen LogP contribution in [0.3, 0.4) is 0 Å². The van der Waals surface area contributed by atoms with Crippen LogP contribution >= 0.6 is 0 Å². The number of fused-ring (bicyclic) bond motifs is 3. The molecule has 0 bridgehead atoms. The largest absolute Gasteiger partial charge is 0.359 e. The molecule has 1 unspecified atom stereocenters. The van der Waals surface area contributed by atoms with Crippen LogP contribution < -0.4 is 5.32 Å². The summed E-state index contributed by atoms with van der Waals surface area (Å²) in [6, 6.07) is 31.9. The number of hydrogen-bond donors (Lipinski definition) is 1. The van der Waals surface area contributed by atoms with Gasteiger partial charge in [-0.25, -0.2) is 0 Å². The summed E-state index contributed by atoms with van der Waals surface area (Å²) in [5, 5.41) is 18.6. The second-order valence-corrected chi connectivity index (χ2v) is 9.16. The molecule has 1 N–H and O–H groups in total. The molecule has 4 aromatic carbocycles. The van der Waals surface area contributed by atoms with Crippen LogP contribution in [0.25, 0.3) is 21.5 Å². The third-order valence-electron chi connectivity index (χ3n) is 7.00. The molecule has 3 heteroatoms. The Kier molecular flexibility index (Phi) is 5.20. The lowest BCUT2D eigenvalue weighted by molar-refractivity contribution is 0.512. The van der Waals surface area contributed by atoms with Crippen molar-refractivity contribution in [2.75, 3.05) is 5.32 Å². The van der Waals surface area contributed by atoms with Crippen LogP contribution in [0.4, 0.5) is 11.4 Å². The number of hydrogen-bond acceptors (Lipinski definition) is 3. The highest BCUT2D eigenvalue weighted by molar-refractivity contribution is 6.07. The van der Waals surface area contributed by atoms with Gasteiger partial charge in [0.05, 0.1) is 17.0 Å². The molecule has 0 aromatic heterocycles. The Morgan fingerprint density at radius 2 is 1.44 bits per heavy atom. The highest BCUT2D eigenvalue weighted by atomic mass is 14.9. The van der Waals surface area contributed by atoms with Gasteiger partial charge < -0.3 is 5.32 Å². The van der Waals surface area contributed by atoms with Crippen molar-refractivity contribution >= 4 is 38.6 Å². The molecule has 2 aliphatic rings. The minimum atomic E-state index is 0.437. The second kappa shape index (κ2) is 8.65. The zero-order valence-corrected chi connectivity index (χ0v) is 19.0. The van der Waals surface area contributed by atoms with Crippen molar-refractivity contribution in [3.05, 3.63) is 108 Å². The molecule has 0 spiro atoms. The Morgan fingerprint density at radius 1 is 0.765 bits per heavy atom. The number of benzene rings is 4. The number of nitrogens with one attached hydrogen (secondary N) is 1. The lowest BCUT2D eigenvalue weighted by Gasteiger charge is -2.30. The molecule has 0 amide bonds. The van der Waals surface area contributed by atoms with Gasteiger partial charge in [-0.3, -0.25) is 4.99 Å². The Balaban J connectivity index is 1.34. The number of aliphatic imine (C=N–C) groups is 1. The van der Waals surface area contributed by atoms with E-state index in [1.54, 1.807) is 0 Å². The summed E-state index contributed by atoms with van der Waals surface area (Å²) < 4.78 is 0. The number of nitriles is 1. The molecular weight excluding hydrogens is 414 g/mol. The van der Waals surface area contributed by atoms with E-state index in [1.807, 2.05) is 18.2 Å². The van der Waals surface area contributed by atoms with Crippen LogP contribution in [0.15, 0.2) is 113 Å². The summed E-state index contributed by atoms with van der Waals surface area (Å²) >= 11 is 0. The van der Waals surface area contributed by atoms with E-state index in [1.165, 1.54) is 27.2 Å². The molecule has 2 aliphatic carbocycles. The van der Waals surface area contributed by atoms with E-state index in [0.717, 1.165) is 53.9 Å². The van der Waals surface area contributed by atoms with Crippen LogP contribution in [0.5, 0.6) is 0 Å². The molecule has 34 heavy (non-hydrogen) atoms. The summed E-state index contributed by atoms with van der Waals surface area (Å²) in [7, 11) is 0. The van der Waals surface area contributed by atoms with Crippen molar-refractivity contribution in [2.45, 2.75) is 25.7 Å². The van der Waals surface area contributed by atoms with Gasteiger partial charge in [0, 0.05) is 11.4 Å². The van der Waals surface area contributed by atoms with Gasteiger partial charge in [0.15, 0.2) is 0 Å². The van der Waals surface area contributed by atoms with Crippen LogP contribution in [0.2, 0.25) is 0 Å². The van der Waals surface area contributed by atoms with E-state index in [-0.39, 0.29) is 0 Å². The van der Waals surface area contributed by atoms with E-state index < -0.39 is 0 Å². The Hall–Kier alpha value is -4.16. The molecule has 0 fully saturated rings. The van der Waals surface area contributed by atoms with E-state index >= 15 is 0 Å². The predicted molar refractivity (Wildman–Crippen MR) is 141 cm³/mol. The van der Waals surface area contributed by atoms with Gasteiger partial charge in [-0.2, -0.15) is 5.26 Å². The smallest absolute Gasteiger partial charge is 0.101 e. The zero-order chi connectivity index (χ0) is 22.9. The summed E-state index contributed by atoms with van der Waals surface area (Å²) in [4.78, 5) is 4.94. The SMILES string of the molecule is N#CC1=C2C=C(Nc3ccc4ccccc4c3)CCC2CCC1=Nc1ccc2ccccc2c1. The van der Waals surface area contributed by atoms with Crippen LogP contribution in [-0.4, -0.2) is 5.71 Å². The normalized spacial score (nSPS) is 19.1. The standard InChI is InChI=1S/C31H25N3/c32-20-30-29-19-28(33-26-13-9-21-5-1-3-7-24(21)17-26)15-11-23(29)12-16-31(30)34-27-14-10-22-6-2-4-8-25(22)18-27/h1-10,13-14,17-19,23,33H,11-12,15-16H2. The van der Waals surface area contributed by atoms with Gasteiger partial charge in [-0.1, -0.05) is 60.7 Å². The fraction of sp³-hybridized carbons (Fsp3) is 0.161. The average Bonchev–Trinajstić information content (AvgIpc) is 2.88. The summed E-state index contributed by atoms with van der Waals surface area (Å²) in [5.41, 5.74) is 5.97. The maximum atomic E-state index is 10.1. The first kappa shape index (κ1) is 20.4. The monoisotopic (exact) mass is 439 g/mol. The molecule has 3 nitrogen and oxygen atoms in total. The van der Waals surface area contributed by atoms with Crippen molar-refractivity contribution in [1.29, 1.82) is 5.26 Å². The molecule has 164 valence electrons. The first-order valence-electron chi connectivity index (χ1n) is 11.9. The summed E-state index contributed by atoms with van der Waals surface area (Å²) in [6.45, 7) is 0. The number of nitrogens with zero attached hydrogens (tertiary/aromatic N) is 2. The first-order chi connectivity index (χ1) is 16.8. The molecule has 1 atom stereocenters. The van der Waals surface area contributed by atoms with Crippen LogP contribution in [-0.2, 0) is 0 Å². The third kappa shape index (κ3) is 3.89. The maximum absolute atomic E-state index is 10.1.